The smallest absolute Gasteiger partial charge is 0.225 e. The van der Waals surface area contributed by atoms with Crippen LogP contribution in [0.5, 0.6) is 0 Å². The second-order valence-electron chi connectivity index (χ2n) is 10.6. The zero-order valence-corrected chi connectivity index (χ0v) is 25.1. The molecule has 0 atom stereocenters. The molecule has 11 heteroatoms. The fourth-order valence-corrected chi connectivity index (χ4v) is 6.16. The van der Waals surface area contributed by atoms with Gasteiger partial charge in [0.25, 0.3) is 0 Å². The number of nitrogens with zero attached hydrogens (tertiary/aromatic N) is 7. The second-order valence-corrected chi connectivity index (χ2v) is 13.3. The highest BCUT2D eigenvalue weighted by molar-refractivity contribution is 7.92. The fourth-order valence-electron chi connectivity index (χ4n) is 4.81. The Morgan fingerprint density at radius 1 is 0.842 bits per heavy atom. The standard InChI is InChI=1S/C27H44ClN7O2S/c1-21(2)38(36,37)26-24-25(31-27(28)32-26)30-22(3)35(24)19-17-15-13-11-9-7-5-6-8-10-12-14-16-18-23-33-29-20-34(23)4/h20-21H,5-19H2,1-4H3. The average molecular weight is 566 g/mol. The van der Waals surface area contributed by atoms with Crippen molar-refractivity contribution in [2.45, 2.75) is 127 Å². The summed E-state index contributed by atoms with van der Waals surface area (Å²) in [5.41, 5.74) is 0.828. The molecule has 0 N–H and O–H groups in total. The van der Waals surface area contributed by atoms with Crippen LogP contribution < -0.4 is 0 Å². The van der Waals surface area contributed by atoms with Crippen molar-refractivity contribution in [3.8, 4) is 0 Å². The molecule has 38 heavy (non-hydrogen) atoms. The lowest BCUT2D eigenvalue weighted by molar-refractivity contribution is 0.523. The molecule has 0 aromatic carbocycles. The highest BCUT2D eigenvalue weighted by atomic mass is 35.5. The third-order valence-corrected chi connectivity index (χ3v) is 9.45. The summed E-state index contributed by atoms with van der Waals surface area (Å²) in [5, 5.41) is 7.38. The topological polar surface area (TPSA) is 108 Å². The number of hydrogen-bond acceptors (Lipinski definition) is 7. The SMILES string of the molecule is Cc1nc2nc(Cl)nc(S(=O)(=O)C(C)C)c2n1CCCCCCCCCCCCCCCc1nncn1C. The molecule has 0 aliphatic carbocycles. The van der Waals surface area contributed by atoms with Crippen molar-refractivity contribution in [2.24, 2.45) is 7.05 Å². The third kappa shape index (κ3) is 8.46. The third-order valence-electron chi connectivity index (χ3n) is 7.21. The van der Waals surface area contributed by atoms with Crippen LogP contribution in [0.1, 0.15) is 109 Å². The van der Waals surface area contributed by atoms with E-state index < -0.39 is 15.1 Å². The molecule has 0 fully saturated rings. The maximum Gasteiger partial charge on any atom is 0.225 e. The molecule has 3 aromatic rings. The van der Waals surface area contributed by atoms with Crippen molar-refractivity contribution in [3.63, 3.8) is 0 Å². The van der Waals surface area contributed by atoms with Crippen molar-refractivity contribution in [2.75, 3.05) is 0 Å². The van der Waals surface area contributed by atoms with Crippen molar-refractivity contribution < 1.29 is 8.42 Å². The first-order valence-electron chi connectivity index (χ1n) is 14.2. The normalized spacial score (nSPS) is 12.3. The fraction of sp³-hybridized carbons (Fsp3) is 0.741. The Morgan fingerprint density at radius 3 is 1.92 bits per heavy atom. The molecular weight excluding hydrogens is 522 g/mol. The molecule has 0 spiro atoms. The van der Waals surface area contributed by atoms with Gasteiger partial charge in [-0.25, -0.2) is 18.4 Å². The summed E-state index contributed by atoms with van der Waals surface area (Å²) in [6.45, 7) is 5.87. The Labute approximate surface area is 232 Å². The summed E-state index contributed by atoms with van der Waals surface area (Å²) in [6.07, 6.45) is 19.0. The summed E-state index contributed by atoms with van der Waals surface area (Å²) < 4.78 is 29.8. The lowest BCUT2D eigenvalue weighted by atomic mass is 10.0. The Balaban J connectivity index is 1.27. The van der Waals surface area contributed by atoms with Gasteiger partial charge < -0.3 is 9.13 Å². The zero-order chi connectivity index (χ0) is 27.5. The summed E-state index contributed by atoms with van der Waals surface area (Å²) in [6, 6.07) is 0. The molecule has 0 aliphatic heterocycles. The average Bonchev–Trinajstić information content (AvgIpc) is 3.42. The van der Waals surface area contributed by atoms with Crippen LogP contribution in [0.25, 0.3) is 11.2 Å². The molecule has 0 unspecified atom stereocenters. The second kappa shape index (κ2) is 14.9. The Bertz CT molecular complexity index is 1250. The first-order chi connectivity index (χ1) is 18.2. The van der Waals surface area contributed by atoms with Gasteiger partial charge in [0.2, 0.25) is 5.28 Å². The van der Waals surface area contributed by atoms with Gasteiger partial charge in [0, 0.05) is 20.0 Å². The summed E-state index contributed by atoms with van der Waals surface area (Å²) in [5.74, 6) is 1.82. The van der Waals surface area contributed by atoms with Crippen LogP contribution >= 0.6 is 11.6 Å². The molecule has 0 radical (unpaired) electrons. The molecule has 0 aliphatic rings. The van der Waals surface area contributed by atoms with Crippen LogP contribution in [0.2, 0.25) is 5.28 Å². The van der Waals surface area contributed by atoms with Gasteiger partial charge in [0.15, 0.2) is 20.5 Å². The van der Waals surface area contributed by atoms with Gasteiger partial charge in [-0.3, -0.25) is 0 Å². The lowest BCUT2D eigenvalue weighted by Gasteiger charge is -2.12. The molecular formula is C27H44ClN7O2S. The highest BCUT2D eigenvalue weighted by Gasteiger charge is 2.28. The van der Waals surface area contributed by atoms with E-state index in [2.05, 4.69) is 25.1 Å². The summed E-state index contributed by atoms with van der Waals surface area (Å²) >= 11 is 6.02. The van der Waals surface area contributed by atoms with Crippen LogP contribution in [0.15, 0.2) is 11.4 Å². The molecule has 0 saturated carbocycles. The molecule has 3 aromatic heterocycles. The predicted molar refractivity (Wildman–Crippen MR) is 152 cm³/mol. The molecule has 3 heterocycles. The summed E-state index contributed by atoms with van der Waals surface area (Å²) in [7, 11) is -1.60. The van der Waals surface area contributed by atoms with E-state index in [1.54, 1.807) is 20.2 Å². The quantitative estimate of drug-likeness (QED) is 0.0995. The number of aryl methyl sites for hydroxylation is 4. The Kier molecular flexibility index (Phi) is 12.0. The number of aromatic nitrogens is 7. The Hall–Kier alpha value is -2.07. The maximum absolute atomic E-state index is 12.9. The van der Waals surface area contributed by atoms with Gasteiger partial charge in [-0.05, 0) is 45.2 Å². The molecule has 3 rings (SSSR count). The van der Waals surface area contributed by atoms with E-state index in [0.717, 1.165) is 30.9 Å². The zero-order valence-electron chi connectivity index (χ0n) is 23.5. The first-order valence-corrected chi connectivity index (χ1v) is 16.1. The van der Waals surface area contributed by atoms with Crippen molar-refractivity contribution in [3.05, 3.63) is 23.3 Å². The number of hydrogen-bond donors (Lipinski definition) is 0. The summed E-state index contributed by atoms with van der Waals surface area (Å²) in [4.78, 5) is 12.7. The van der Waals surface area contributed by atoms with E-state index in [-0.39, 0.29) is 10.3 Å². The monoisotopic (exact) mass is 565 g/mol. The molecule has 0 amide bonds. The van der Waals surface area contributed by atoms with Gasteiger partial charge in [-0.1, -0.05) is 70.6 Å². The number of imidazole rings is 1. The first kappa shape index (κ1) is 30.5. The number of unbranched alkanes of at least 4 members (excludes halogenated alkanes) is 12. The molecule has 0 saturated heterocycles. The van der Waals surface area contributed by atoms with E-state index in [9.17, 15) is 8.42 Å². The minimum Gasteiger partial charge on any atom is -0.324 e. The van der Waals surface area contributed by atoms with Gasteiger partial charge in [-0.15, -0.1) is 10.2 Å². The number of rotatable bonds is 18. The van der Waals surface area contributed by atoms with Crippen LogP contribution in [0.4, 0.5) is 0 Å². The van der Waals surface area contributed by atoms with Crippen LogP contribution in [0.3, 0.4) is 0 Å². The van der Waals surface area contributed by atoms with Crippen LogP contribution in [-0.4, -0.2) is 48.0 Å². The van der Waals surface area contributed by atoms with E-state index in [0.29, 0.717) is 17.7 Å². The van der Waals surface area contributed by atoms with Gasteiger partial charge in [-0.2, -0.15) is 4.98 Å². The van der Waals surface area contributed by atoms with Gasteiger partial charge in [0.05, 0.1) is 5.25 Å². The lowest BCUT2D eigenvalue weighted by Crippen LogP contribution is -2.18. The van der Waals surface area contributed by atoms with Crippen LogP contribution in [0, 0.1) is 6.92 Å². The van der Waals surface area contributed by atoms with Crippen molar-refractivity contribution in [1.82, 2.24) is 34.3 Å². The highest BCUT2D eigenvalue weighted by Crippen LogP contribution is 2.26. The molecule has 212 valence electrons. The Morgan fingerprint density at radius 2 is 1.39 bits per heavy atom. The minimum absolute atomic E-state index is 0.00920. The maximum atomic E-state index is 12.9. The molecule has 9 nitrogen and oxygen atoms in total. The number of fused-ring (bicyclic) bond motifs is 1. The van der Waals surface area contributed by atoms with Gasteiger partial charge >= 0.3 is 0 Å². The van der Waals surface area contributed by atoms with E-state index in [4.69, 9.17) is 11.6 Å². The largest absolute Gasteiger partial charge is 0.324 e. The van der Waals surface area contributed by atoms with Crippen molar-refractivity contribution >= 4 is 32.6 Å². The van der Waals surface area contributed by atoms with E-state index in [1.807, 2.05) is 23.1 Å². The minimum atomic E-state index is -3.61. The van der Waals surface area contributed by atoms with E-state index >= 15 is 0 Å². The molecule has 0 bridgehead atoms. The van der Waals surface area contributed by atoms with Crippen molar-refractivity contribution in [1.29, 1.82) is 0 Å². The number of sulfone groups is 1. The number of halogens is 1. The van der Waals surface area contributed by atoms with Gasteiger partial charge in [0.1, 0.15) is 23.5 Å². The predicted octanol–water partition coefficient (Wildman–Crippen LogP) is 6.41. The van der Waals surface area contributed by atoms with E-state index in [1.165, 1.54) is 70.6 Å². The van der Waals surface area contributed by atoms with Crippen LogP contribution in [-0.2, 0) is 29.9 Å².